The monoisotopic (exact) mass is 408 g/mol. The van der Waals surface area contributed by atoms with Crippen molar-refractivity contribution in [3.05, 3.63) is 82.9 Å². The Morgan fingerprint density at radius 1 is 0.655 bits per heavy atom. The Labute approximate surface area is 174 Å². The maximum absolute atomic E-state index is 12.3. The molecule has 7 heteroatoms. The van der Waals surface area contributed by atoms with Crippen LogP contribution in [0.4, 0.5) is 32.3 Å². The zero-order chi connectivity index (χ0) is 20.8. The lowest BCUT2D eigenvalue weighted by Crippen LogP contribution is -2.21. The molecule has 4 amide bonds. The van der Waals surface area contributed by atoms with E-state index < -0.39 is 6.03 Å². The first-order valence-corrected chi connectivity index (χ1v) is 9.36. The smallest absolute Gasteiger partial charge is 0.308 e. The topological polar surface area (TPSA) is 82.3 Å². The Balaban J connectivity index is 1.62. The number of anilines is 4. The number of hydrogen-bond donors (Lipinski definition) is 4. The van der Waals surface area contributed by atoms with Crippen LogP contribution < -0.4 is 21.3 Å². The standard InChI is InChI=1S/C22H21ClN4O2/c1-14-3-8-17(9-4-14)25-22(29)27-20-13-19(10-5-15(20)2)26-21(28)24-18-11-6-16(23)7-12-18/h3-13H,1-2H3,(H2,24,26,28)(H2,25,27,29). The summed E-state index contributed by atoms with van der Waals surface area (Å²) in [5.74, 6) is 0. The molecular formula is C22H21ClN4O2. The number of urea groups is 2. The molecule has 148 valence electrons. The summed E-state index contributed by atoms with van der Waals surface area (Å²) < 4.78 is 0. The highest BCUT2D eigenvalue weighted by Gasteiger charge is 2.08. The third-order valence-electron chi connectivity index (χ3n) is 4.16. The lowest BCUT2D eigenvalue weighted by Gasteiger charge is -2.13. The number of nitrogens with one attached hydrogen (secondary N) is 4. The van der Waals surface area contributed by atoms with E-state index in [9.17, 15) is 9.59 Å². The molecule has 4 N–H and O–H groups in total. The summed E-state index contributed by atoms with van der Waals surface area (Å²) in [4.78, 5) is 24.5. The number of amides is 4. The normalized spacial score (nSPS) is 10.2. The van der Waals surface area contributed by atoms with E-state index in [0.29, 0.717) is 27.8 Å². The van der Waals surface area contributed by atoms with Crippen molar-refractivity contribution in [2.75, 3.05) is 21.3 Å². The predicted molar refractivity (Wildman–Crippen MR) is 119 cm³/mol. The first-order chi connectivity index (χ1) is 13.9. The molecule has 29 heavy (non-hydrogen) atoms. The van der Waals surface area contributed by atoms with Crippen molar-refractivity contribution in [3.8, 4) is 0 Å². The average Bonchev–Trinajstić information content (AvgIpc) is 2.68. The molecule has 3 aromatic rings. The van der Waals surface area contributed by atoms with Crippen molar-refractivity contribution in [2.24, 2.45) is 0 Å². The molecule has 0 aliphatic carbocycles. The summed E-state index contributed by atoms with van der Waals surface area (Å²) >= 11 is 5.84. The van der Waals surface area contributed by atoms with E-state index in [1.165, 1.54) is 0 Å². The van der Waals surface area contributed by atoms with Crippen molar-refractivity contribution in [2.45, 2.75) is 13.8 Å². The van der Waals surface area contributed by atoms with Crippen molar-refractivity contribution in [3.63, 3.8) is 0 Å². The van der Waals surface area contributed by atoms with Gasteiger partial charge in [-0.2, -0.15) is 0 Å². The molecule has 3 aromatic carbocycles. The van der Waals surface area contributed by atoms with Crippen LogP contribution in [0.1, 0.15) is 11.1 Å². The van der Waals surface area contributed by atoms with Gasteiger partial charge in [0, 0.05) is 27.8 Å². The van der Waals surface area contributed by atoms with Gasteiger partial charge in [0.25, 0.3) is 0 Å². The highest BCUT2D eigenvalue weighted by molar-refractivity contribution is 6.30. The van der Waals surface area contributed by atoms with Gasteiger partial charge in [0.05, 0.1) is 0 Å². The molecule has 0 unspecified atom stereocenters. The molecular weight excluding hydrogens is 388 g/mol. The molecule has 0 fully saturated rings. The number of rotatable bonds is 4. The molecule has 0 bridgehead atoms. The minimum absolute atomic E-state index is 0.361. The van der Waals surface area contributed by atoms with Crippen LogP contribution in [0.25, 0.3) is 0 Å². The Hall–Kier alpha value is -3.51. The van der Waals surface area contributed by atoms with Gasteiger partial charge in [-0.15, -0.1) is 0 Å². The Bertz CT molecular complexity index is 1020. The van der Waals surface area contributed by atoms with Crippen LogP contribution >= 0.6 is 11.6 Å². The maximum Gasteiger partial charge on any atom is 0.323 e. The summed E-state index contributed by atoms with van der Waals surface area (Å²) in [6, 6.07) is 18.8. The van der Waals surface area contributed by atoms with Crippen LogP contribution in [0.2, 0.25) is 5.02 Å². The minimum Gasteiger partial charge on any atom is -0.308 e. The average molecular weight is 409 g/mol. The third-order valence-corrected chi connectivity index (χ3v) is 4.41. The highest BCUT2D eigenvalue weighted by atomic mass is 35.5. The van der Waals surface area contributed by atoms with Crippen LogP contribution in [-0.2, 0) is 0 Å². The second kappa shape index (κ2) is 9.12. The van der Waals surface area contributed by atoms with Crippen LogP contribution in [0.5, 0.6) is 0 Å². The van der Waals surface area contributed by atoms with Gasteiger partial charge in [0.1, 0.15) is 0 Å². The van der Waals surface area contributed by atoms with E-state index in [1.807, 2.05) is 44.2 Å². The van der Waals surface area contributed by atoms with Gasteiger partial charge in [0.2, 0.25) is 0 Å². The van der Waals surface area contributed by atoms with E-state index in [1.54, 1.807) is 36.4 Å². The van der Waals surface area contributed by atoms with Gasteiger partial charge in [-0.1, -0.05) is 35.4 Å². The fraction of sp³-hybridized carbons (Fsp3) is 0.0909. The molecule has 6 nitrogen and oxygen atoms in total. The minimum atomic E-state index is -0.397. The van der Waals surface area contributed by atoms with E-state index in [2.05, 4.69) is 21.3 Å². The highest BCUT2D eigenvalue weighted by Crippen LogP contribution is 2.21. The molecule has 0 saturated heterocycles. The van der Waals surface area contributed by atoms with Crippen molar-refractivity contribution >= 4 is 46.4 Å². The molecule has 0 radical (unpaired) electrons. The first-order valence-electron chi connectivity index (χ1n) is 8.98. The predicted octanol–water partition coefficient (Wildman–Crippen LogP) is 6.24. The quantitative estimate of drug-likeness (QED) is 0.411. The fourth-order valence-electron chi connectivity index (χ4n) is 2.58. The molecule has 0 saturated carbocycles. The summed E-state index contributed by atoms with van der Waals surface area (Å²) in [7, 11) is 0. The van der Waals surface area contributed by atoms with Crippen LogP contribution in [0, 0.1) is 13.8 Å². The zero-order valence-electron chi connectivity index (χ0n) is 16.0. The SMILES string of the molecule is Cc1ccc(NC(=O)Nc2cc(NC(=O)Nc3ccc(Cl)cc3)ccc2C)cc1. The fourth-order valence-corrected chi connectivity index (χ4v) is 2.71. The number of aryl methyl sites for hydroxylation is 2. The summed E-state index contributed by atoms with van der Waals surface area (Å²) in [6.45, 7) is 3.86. The van der Waals surface area contributed by atoms with E-state index in [-0.39, 0.29) is 6.03 Å². The summed E-state index contributed by atoms with van der Waals surface area (Å²) in [5, 5.41) is 11.6. The van der Waals surface area contributed by atoms with E-state index >= 15 is 0 Å². The number of carbonyl (C=O) groups excluding carboxylic acids is 2. The van der Waals surface area contributed by atoms with Crippen LogP contribution in [-0.4, -0.2) is 12.1 Å². The third kappa shape index (κ3) is 5.99. The van der Waals surface area contributed by atoms with E-state index in [0.717, 1.165) is 11.1 Å². The van der Waals surface area contributed by atoms with Crippen LogP contribution in [0.3, 0.4) is 0 Å². The zero-order valence-corrected chi connectivity index (χ0v) is 16.8. The molecule has 0 aromatic heterocycles. The van der Waals surface area contributed by atoms with E-state index in [4.69, 9.17) is 11.6 Å². The van der Waals surface area contributed by atoms with Crippen LogP contribution in [0.15, 0.2) is 66.7 Å². The Kier molecular flexibility index (Phi) is 6.36. The molecule has 0 spiro atoms. The molecule has 3 rings (SSSR count). The van der Waals surface area contributed by atoms with Gasteiger partial charge in [-0.25, -0.2) is 9.59 Å². The second-order valence-corrected chi connectivity index (χ2v) is 7.00. The van der Waals surface area contributed by atoms with Crippen molar-refractivity contribution in [1.82, 2.24) is 0 Å². The van der Waals surface area contributed by atoms with Crippen molar-refractivity contribution in [1.29, 1.82) is 0 Å². The lowest BCUT2D eigenvalue weighted by atomic mass is 10.2. The molecule has 0 aliphatic heterocycles. The largest absolute Gasteiger partial charge is 0.323 e. The number of benzene rings is 3. The summed E-state index contributed by atoms with van der Waals surface area (Å²) in [6.07, 6.45) is 0. The number of carbonyl (C=O) groups is 2. The summed E-state index contributed by atoms with van der Waals surface area (Å²) in [5.41, 5.74) is 4.44. The Morgan fingerprint density at radius 2 is 1.14 bits per heavy atom. The number of hydrogen-bond acceptors (Lipinski definition) is 2. The molecule has 0 aliphatic rings. The Morgan fingerprint density at radius 3 is 1.76 bits per heavy atom. The second-order valence-electron chi connectivity index (χ2n) is 6.56. The van der Waals surface area contributed by atoms with Gasteiger partial charge in [0.15, 0.2) is 0 Å². The lowest BCUT2D eigenvalue weighted by molar-refractivity contribution is 0.261. The van der Waals surface area contributed by atoms with Gasteiger partial charge in [-0.05, 0) is 67.9 Å². The van der Waals surface area contributed by atoms with Crippen molar-refractivity contribution < 1.29 is 9.59 Å². The molecule has 0 heterocycles. The molecule has 0 atom stereocenters. The van der Waals surface area contributed by atoms with Gasteiger partial charge < -0.3 is 21.3 Å². The maximum atomic E-state index is 12.3. The number of halogens is 1. The van der Waals surface area contributed by atoms with Gasteiger partial charge in [-0.3, -0.25) is 0 Å². The first kappa shape index (κ1) is 20.2. The van der Waals surface area contributed by atoms with Gasteiger partial charge >= 0.3 is 12.1 Å².